The Bertz CT molecular complexity index is 301. The monoisotopic (exact) mass is 191 g/mol. The van der Waals surface area contributed by atoms with Crippen molar-refractivity contribution in [2.24, 2.45) is 0 Å². The Hall–Kier alpha value is -0.940. The lowest BCUT2D eigenvalue weighted by atomic mass is 10.2. The van der Waals surface area contributed by atoms with E-state index < -0.39 is 0 Å². The predicted octanol–water partition coefficient (Wildman–Crippen LogP) is 3.14. The van der Waals surface area contributed by atoms with Gasteiger partial charge in [0.1, 0.15) is 0 Å². The van der Waals surface area contributed by atoms with Gasteiger partial charge in [-0.25, -0.2) is 0 Å². The minimum atomic E-state index is 0.649. The SMILES string of the molecule is Cc1cccc(CSCCC#N)c1. The zero-order valence-electron chi connectivity index (χ0n) is 7.79. The van der Waals surface area contributed by atoms with Crippen molar-refractivity contribution in [1.82, 2.24) is 0 Å². The van der Waals surface area contributed by atoms with Gasteiger partial charge in [0, 0.05) is 17.9 Å². The third kappa shape index (κ3) is 4.00. The number of nitrogens with zero attached hydrogens (tertiary/aromatic N) is 1. The Morgan fingerprint density at radius 1 is 1.46 bits per heavy atom. The Morgan fingerprint density at radius 3 is 3.00 bits per heavy atom. The number of rotatable bonds is 4. The molecule has 0 radical (unpaired) electrons. The van der Waals surface area contributed by atoms with Crippen LogP contribution < -0.4 is 0 Å². The molecule has 0 bridgehead atoms. The summed E-state index contributed by atoms with van der Waals surface area (Å²) >= 11 is 1.82. The van der Waals surface area contributed by atoms with E-state index in [9.17, 15) is 0 Å². The Morgan fingerprint density at radius 2 is 2.31 bits per heavy atom. The smallest absolute Gasteiger partial charge is 0.0630 e. The highest BCUT2D eigenvalue weighted by atomic mass is 32.2. The van der Waals surface area contributed by atoms with Crippen molar-refractivity contribution in [2.45, 2.75) is 19.1 Å². The molecule has 0 aliphatic carbocycles. The van der Waals surface area contributed by atoms with Crippen molar-refractivity contribution in [1.29, 1.82) is 5.26 Å². The van der Waals surface area contributed by atoms with E-state index in [-0.39, 0.29) is 0 Å². The van der Waals surface area contributed by atoms with Crippen LogP contribution in [0.15, 0.2) is 24.3 Å². The van der Waals surface area contributed by atoms with Gasteiger partial charge >= 0.3 is 0 Å². The maximum Gasteiger partial charge on any atom is 0.0630 e. The van der Waals surface area contributed by atoms with Crippen LogP contribution in [0.2, 0.25) is 0 Å². The Balaban J connectivity index is 2.33. The first-order valence-electron chi connectivity index (χ1n) is 4.33. The summed E-state index contributed by atoms with van der Waals surface area (Å²) in [7, 11) is 0. The average Bonchev–Trinajstić information content (AvgIpc) is 2.13. The first-order chi connectivity index (χ1) is 6.33. The number of nitriles is 1. The molecule has 0 amide bonds. The van der Waals surface area contributed by atoms with Crippen LogP contribution in [0.3, 0.4) is 0 Å². The van der Waals surface area contributed by atoms with Gasteiger partial charge in [0.25, 0.3) is 0 Å². The summed E-state index contributed by atoms with van der Waals surface area (Å²) < 4.78 is 0. The van der Waals surface area contributed by atoms with Crippen molar-refractivity contribution in [3.63, 3.8) is 0 Å². The highest BCUT2D eigenvalue weighted by Gasteiger charge is 1.93. The van der Waals surface area contributed by atoms with E-state index in [2.05, 4.69) is 37.3 Å². The molecule has 2 heteroatoms. The van der Waals surface area contributed by atoms with Crippen molar-refractivity contribution < 1.29 is 0 Å². The molecule has 0 N–H and O–H groups in total. The summed E-state index contributed by atoms with van der Waals surface area (Å²) in [5, 5.41) is 8.34. The molecule has 0 spiro atoms. The zero-order valence-corrected chi connectivity index (χ0v) is 8.60. The van der Waals surface area contributed by atoms with Crippen LogP contribution in [0.25, 0.3) is 0 Å². The molecule has 0 fully saturated rings. The molecule has 68 valence electrons. The van der Waals surface area contributed by atoms with E-state index >= 15 is 0 Å². The van der Waals surface area contributed by atoms with Crippen LogP contribution in [0.5, 0.6) is 0 Å². The normalized spacial score (nSPS) is 9.54. The van der Waals surface area contributed by atoms with Gasteiger partial charge in [-0.15, -0.1) is 0 Å². The van der Waals surface area contributed by atoms with E-state index in [4.69, 9.17) is 5.26 Å². The lowest BCUT2D eigenvalue weighted by Crippen LogP contribution is -1.83. The van der Waals surface area contributed by atoms with Crippen LogP contribution in [-0.4, -0.2) is 5.75 Å². The van der Waals surface area contributed by atoms with Gasteiger partial charge in [0.15, 0.2) is 0 Å². The van der Waals surface area contributed by atoms with Gasteiger partial charge in [-0.1, -0.05) is 29.8 Å². The van der Waals surface area contributed by atoms with E-state index in [0.717, 1.165) is 11.5 Å². The Kier molecular flexibility index (Phi) is 4.42. The van der Waals surface area contributed by atoms with Gasteiger partial charge in [-0.05, 0) is 12.5 Å². The zero-order chi connectivity index (χ0) is 9.52. The molecule has 0 atom stereocenters. The summed E-state index contributed by atoms with van der Waals surface area (Å²) in [4.78, 5) is 0. The van der Waals surface area contributed by atoms with E-state index in [0.29, 0.717) is 6.42 Å². The van der Waals surface area contributed by atoms with Gasteiger partial charge in [0.05, 0.1) is 6.07 Å². The van der Waals surface area contributed by atoms with Crippen LogP contribution in [0, 0.1) is 18.3 Å². The molecule has 0 heterocycles. The number of benzene rings is 1. The molecule has 1 aromatic carbocycles. The fourth-order valence-electron chi connectivity index (χ4n) is 1.11. The molecular formula is C11H13NS. The Labute approximate surface area is 83.8 Å². The minimum Gasteiger partial charge on any atom is -0.198 e. The average molecular weight is 191 g/mol. The van der Waals surface area contributed by atoms with E-state index in [1.54, 1.807) is 0 Å². The second-order valence-electron chi connectivity index (χ2n) is 2.95. The molecule has 1 aromatic rings. The summed E-state index contributed by atoms with van der Waals surface area (Å²) in [6.07, 6.45) is 0.649. The summed E-state index contributed by atoms with van der Waals surface area (Å²) in [6.45, 7) is 2.10. The van der Waals surface area contributed by atoms with Gasteiger partial charge in [0.2, 0.25) is 0 Å². The van der Waals surface area contributed by atoms with Crippen LogP contribution in [-0.2, 0) is 5.75 Å². The van der Waals surface area contributed by atoms with E-state index in [1.807, 2.05) is 11.8 Å². The number of thioether (sulfide) groups is 1. The largest absolute Gasteiger partial charge is 0.198 e. The quantitative estimate of drug-likeness (QED) is 0.683. The fraction of sp³-hybridized carbons (Fsp3) is 0.364. The topological polar surface area (TPSA) is 23.8 Å². The third-order valence-electron chi connectivity index (χ3n) is 1.71. The molecule has 1 rings (SSSR count). The third-order valence-corrected chi connectivity index (χ3v) is 2.74. The van der Waals surface area contributed by atoms with Crippen LogP contribution >= 0.6 is 11.8 Å². The van der Waals surface area contributed by atoms with Gasteiger partial charge in [-0.3, -0.25) is 0 Å². The molecule has 0 saturated heterocycles. The fourth-order valence-corrected chi connectivity index (χ4v) is 1.90. The minimum absolute atomic E-state index is 0.649. The molecule has 13 heavy (non-hydrogen) atoms. The molecule has 0 unspecified atom stereocenters. The molecule has 0 aromatic heterocycles. The standard InChI is InChI=1S/C11H13NS/c1-10-4-2-5-11(8-10)9-13-7-3-6-12/h2,4-5,8H,3,7,9H2,1H3. The molecule has 0 aliphatic heterocycles. The van der Waals surface area contributed by atoms with Crippen molar-refractivity contribution in [2.75, 3.05) is 5.75 Å². The van der Waals surface area contributed by atoms with Crippen molar-refractivity contribution in [3.05, 3.63) is 35.4 Å². The maximum atomic E-state index is 8.34. The van der Waals surface area contributed by atoms with Crippen LogP contribution in [0.4, 0.5) is 0 Å². The lowest BCUT2D eigenvalue weighted by molar-refractivity contribution is 1.23. The van der Waals surface area contributed by atoms with Gasteiger partial charge < -0.3 is 0 Å². The highest BCUT2D eigenvalue weighted by molar-refractivity contribution is 7.98. The maximum absolute atomic E-state index is 8.34. The highest BCUT2D eigenvalue weighted by Crippen LogP contribution is 2.13. The lowest BCUT2D eigenvalue weighted by Gasteiger charge is -2.00. The molecule has 1 nitrogen and oxygen atoms in total. The second-order valence-corrected chi connectivity index (χ2v) is 4.05. The molecular weight excluding hydrogens is 178 g/mol. The first kappa shape index (κ1) is 10.1. The van der Waals surface area contributed by atoms with E-state index in [1.165, 1.54) is 11.1 Å². The van der Waals surface area contributed by atoms with Crippen molar-refractivity contribution >= 4 is 11.8 Å². The number of aryl methyl sites for hydroxylation is 1. The van der Waals surface area contributed by atoms with Crippen LogP contribution in [0.1, 0.15) is 17.5 Å². The predicted molar refractivity (Wildman–Crippen MR) is 57.6 cm³/mol. The van der Waals surface area contributed by atoms with Crippen molar-refractivity contribution in [3.8, 4) is 6.07 Å². The van der Waals surface area contributed by atoms with Gasteiger partial charge in [-0.2, -0.15) is 17.0 Å². The molecule has 0 saturated carbocycles. The molecule has 0 aliphatic rings. The summed E-state index contributed by atoms with van der Waals surface area (Å²) in [5.41, 5.74) is 2.65. The number of hydrogen-bond donors (Lipinski definition) is 0. The summed E-state index contributed by atoms with van der Waals surface area (Å²) in [6, 6.07) is 10.6. The number of hydrogen-bond acceptors (Lipinski definition) is 2. The summed E-state index contributed by atoms with van der Waals surface area (Å²) in [5.74, 6) is 1.95. The second kappa shape index (κ2) is 5.66. The first-order valence-corrected chi connectivity index (χ1v) is 5.48.